The van der Waals surface area contributed by atoms with Crippen LogP contribution in [0.15, 0.2) is 54.6 Å². The summed E-state index contributed by atoms with van der Waals surface area (Å²) in [6, 6.07) is 15.1. The zero-order valence-corrected chi connectivity index (χ0v) is 15.4. The van der Waals surface area contributed by atoms with Crippen LogP contribution in [0.3, 0.4) is 0 Å². The lowest BCUT2D eigenvalue weighted by Gasteiger charge is -2.19. The highest BCUT2D eigenvalue weighted by atomic mass is 16.6. The first kappa shape index (κ1) is 20.0. The van der Waals surface area contributed by atoms with Crippen molar-refractivity contribution >= 4 is 18.0 Å². The molecule has 0 aliphatic rings. The molecule has 0 aliphatic carbocycles. The molecule has 0 saturated carbocycles. The first-order valence-electron chi connectivity index (χ1n) is 8.37. The molecule has 0 fully saturated rings. The number of hydrogen-bond donors (Lipinski definition) is 2. The predicted molar refractivity (Wildman–Crippen MR) is 99.1 cm³/mol. The van der Waals surface area contributed by atoms with Gasteiger partial charge >= 0.3 is 12.1 Å². The highest BCUT2D eigenvalue weighted by Gasteiger charge is 2.18. The van der Waals surface area contributed by atoms with E-state index >= 15 is 0 Å². The molecular formula is C20H22N2O5. The van der Waals surface area contributed by atoms with Crippen molar-refractivity contribution in [3.63, 3.8) is 0 Å². The van der Waals surface area contributed by atoms with Gasteiger partial charge in [0.15, 0.2) is 0 Å². The van der Waals surface area contributed by atoms with Crippen LogP contribution in [0.5, 0.6) is 5.75 Å². The van der Waals surface area contributed by atoms with Gasteiger partial charge in [0.2, 0.25) is 5.91 Å². The van der Waals surface area contributed by atoms with Gasteiger partial charge in [0.1, 0.15) is 11.4 Å². The standard InChI is InChI=1S/C20H22N2O5/c1-20(2,3)27-18(24)15-10-7-11-16(13-15)26-19(25)22-21-17(23)12-14-8-5-4-6-9-14/h4-11,13H,12H2,1-3H3,(H,21,23)(H,22,25). The minimum absolute atomic E-state index is 0.120. The fraction of sp³-hybridized carbons (Fsp3) is 0.250. The van der Waals surface area contributed by atoms with E-state index in [9.17, 15) is 14.4 Å². The zero-order chi connectivity index (χ0) is 19.9. The molecule has 7 heteroatoms. The number of carbonyl (C=O) groups excluding carboxylic acids is 3. The molecule has 2 aromatic carbocycles. The van der Waals surface area contributed by atoms with E-state index in [2.05, 4.69) is 10.9 Å². The molecule has 2 rings (SSSR count). The summed E-state index contributed by atoms with van der Waals surface area (Å²) in [7, 11) is 0. The molecule has 0 saturated heterocycles. The van der Waals surface area contributed by atoms with Gasteiger partial charge in [-0.15, -0.1) is 0 Å². The van der Waals surface area contributed by atoms with E-state index in [4.69, 9.17) is 9.47 Å². The Labute approximate surface area is 157 Å². The maximum atomic E-state index is 12.1. The van der Waals surface area contributed by atoms with Crippen molar-refractivity contribution in [1.82, 2.24) is 10.9 Å². The van der Waals surface area contributed by atoms with E-state index in [1.807, 2.05) is 18.2 Å². The molecule has 142 valence electrons. The van der Waals surface area contributed by atoms with Crippen molar-refractivity contribution in [2.75, 3.05) is 0 Å². The van der Waals surface area contributed by atoms with Crippen LogP contribution in [0.1, 0.15) is 36.7 Å². The highest BCUT2D eigenvalue weighted by molar-refractivity contribution is 5.90. The summed E-state index contributed by atoms with van der Waals surface area (Å²) >= 11 is 0. The SMILES string of the molecule is CC(C)(C)OC(=O)c1cccc(OC(=O)NNC(=O)Cc2ccccc2)c1. The predicted octanol–water partition coefficient (Wildman–Crippen LogP) is 3.00. The molecule has 2 aromatic rings. The fourth-order valence-electron chi connectivity index (χ4n) is 2.10. The third-order valence-electron chi connectivity index (χ3n) is 3.19. The molecule has 2 amide bonds. The topological polar surface area (TPSA) is 93.7 Å². The molecule has 0 aromatic heterocycles. The summed E-state index contributed by atoms with van der Waals surface area (Å²) in [5.41, 5.74) is 4.86. The second-order valence-electron chi connectivity index (χ2n) is 6.75. The number of hydrogen-bond acceptors (Lipinski definition) is 5. The van der Waals surface area contributed by atoms with E-state index < -0.39 is 17.7 Å². The number of esters is 1. The summed E-state index contributed by atoms with van der Waals surface area (Å²) < 4.78 is 10.3. The van der Waals surface area contributed by atoms with Crippen molar-refractivity contribution in [2.24, 2.45) is 0 Å². The quantitative estimate of drug-likeness (QED) is 0.637. The second-order valence-corrected chi connectivity index (χ2v) is 6.75. The van der Waals surface area contributed by atoms with Crippen LogP contribution in [0.2, 0.25) is 0 Å². The van der Waals surface area contributed by atoms with E-state index in [0.29, 0.717) is 0 Å². The van der Waals surface area contributed by atoms with Crippen LogP contribution in [-0.4, -0.2) is 23.6 Å². The summed E-state index contributed by atoms with van der Waals surface area (Å²) in [6.45, 7) is 5.28. The number of rotatable bonds is 4. The Balaban J connectivity index is 1.86. The molecule has 2 N–H and O–H groups in total. The number of benzene rings is 2. The molecule has 27 heavy (non-hydrogen) atoms. The lowest BCUT2D eigenvalue weighted by molar-refractivity contribution is -0.121. The van der Waals surface area contributed by atoms with Crippen LogP contribution in [0, 0.1) is 0 Å². The van der Waals surface area contributed by atoms with Crippen LogP contribution in [0.4, 0.5) is 4.79 Å². The van der Waals surface area contributed by atoms with Gasteiger partial charge in [-0.05, 0) is 44.5 Å². The average molecular weight is 370 g/mol. The largest absolute Gasteiger partial charge is 0.456 e. The maximum Gasteiger partial charge on any atom is 0.431 e. The Hall–Kier alpha value is -3.35. The van der Waals surface area contributed by atoms with Gasteiger partial charge in [-0.25, -0.2) is 15.0 Å². The Morgan fingerprint density at radius 3 is 2.30 bits per heavy atom. The smallest absolute Gasteiger partial charge is 0.431 e. The minimum Gasteiger partial charge on any atom is -0.456 e. The lowest BCUT2D eigenvalue weighted by Crippen LogP contribution is -2.43. The number of ether oxygens (including phenoxy) is 2. The van der Waals surface area contributed by atoms with Crippen molar-refractivity contribution in [3.05, 3.63) is 65.7 Å². The number of amides is 2. The number of nitrogens with one attached hydrogen (secondary N) is 2. The van der Waals surface area contributed by atoms with Crippen LogP contribution >= 0.6 is 0 Å². The van der Waals surface area contributed by atoms with Gasteiger partial charge in [-0.3, -0.25) is 10.2 Å². The third kappa shape index (κ3) is 7.19. The van der Waals surface area contributed by atoms with Crippen LogP contribution in [0.25, 0.3) is 0 Å². The number of carbonyl (C=O) groups is 3. The monoisotopic (exact) mass is 370 g/mol. The third-order valence-corrected chi connectivity index (χ3v) is 3.19. The highest BCUT2D eigenvalue weighted by Crippen LogP contribution is 2.17. The van der Waals surface area contributed by atoms with Crippen molar-refractivity contribution in [3.8, 4) is 5.75 Å². The summed E-state index contributed by atoms with van der Waals surface area (Å²) in [5, 5.41) is 0. The van der Waals surface area contributed by atoms with Crippen LogP contribution < -0.4 is 15.6 Å². The molecule has 0 atom stereocenters. The first-order valence-corrected chi connectivity index (χ1v) is 8.37. The Morgan fingerprint density at radius 2 is 1.63 bits per heavy atom. The minimum atomic E-state index is -0.877. The first-order chi connectivity index (χ1) is 12.7. The Kier molecular flexibility index (Phi) is 6.54. The molecule has 0 aliphatic heterocycles. The van der Waals surface area contributed by atoms with Gasteiger partial charge in [-0.2, -0.15) is 0 Å². The second kappa shape index (κ2) is 8.84. The normalized spacial score (nSPS) is 10.6. The maximum absolute atomic E-state index is 12.1. The fourth-order valence-corrected chi connectivity index (χ4v) is 2.10. The Bertz CT molecular complexity index is 813. The molecule has 0 unspecified atom stereocenters. The summed E-state index contributed by atoms with van der Waals surface area (Å²) in [4.78, 5) is 35.7. The average Bonchev–Trinajstić information content (AvgIpc) is 2.60. The molecule has 0 spiro atoms. The molecule has 0 bridgehead atoms. The van der Waals surface area contributed by atoms with Gasteiger partial charge in [0.25, 0.3) is 0 Å². The molecule has 0 heterocycles. The van der Waals surface area contributed by atoms with Gasteiger partial charge in [-0.1, -0.05) is 36.4 Å². The molecule has 0 radical (unpaired) electrons. The molecular weight excluding hydrogens is 348 g/mol. The van der Waals surface area contributed by atoms with Crippen LogP contribution in [-0.2, 0) is 16.0 Å². The van der Waals surface area contributed by atoms with E-state index in [0.717, 1.165) is 5.56 Å². The van der Waals surface area contributed by atoms with Crippen molar-refractivity contribution in [2.45, 2.75) is 32.8 Å². The van der Waals surface area contributed by atoms with Crippen molar-refractivity contribution < 1.29 is 23.9 Å². The summed E-state index contributed by atoms with van der Waals surface area (Å²) in [5.74, 6) is -0.765. The molecule has 7 nitrogen and oxygen atoms in total. The van der Waals surface area contributed by atoms with Crippen molar-refractivity contribution in [1.29, 1.82) is 0 Å². The Morgan fingerprint density at radius 1 is 0.926 bits per heavy atom. The van der Waals surface area contributed by atoms with Gasteiger partial charge in [0.05, 0.1) is 12.0 Å². The lowest BCUT2D eigenvalue weighted by atomic mass is 10.1. The van der Waals surface area contributed by atoms with E-state index in [-0.39, 0.29) is 23.6 Å². The van der Waals surface area contributed by atoms with Gasteiger partial charge in [0, 0.05) is 0 Å². The van der Waals surface area contributed by atoms with E-state index in [1.165, 1.54) is 12.1 Å². The zero-order valence-electron chi connectivity index (χ0n) is 15.4. The van der Waals surface area contributed by atoms with E-state index in [1.54, 1.807) is 45.0 Å². The summed E-state index contributed by atoms with van der Waals surface area (Å²) in [6.07, 6.45) is -0.757. The van der Waals surface area contributed by atoms with Gasteiger partial charge < -0.3 is 9.47 Å². The number of hydrazine groups is 1.